The fourth-order valence-electron chi connectivity index (χ4n) is 2.96. The smallest absolute Gasteiger partial charge is 0.185 e. The maximum Gasteiger partial charge on any atom is 0.185 e. The Morgan fingerprint density at radius 3 is 2.95 bits per heavy atom. The Balaban J connectivity index is 1.30. The standard InChI is InChI=1S/C15H25N3O3S/c19-13(11-20-12-14-2-1-8-21-14)10-17-4-6-18(7-5-17)15-16-3-9-22-15/h3,9,13-14,19H,1-2,4-8,10-12H2/t13-,14+/m0/s1. The number of hydrogen-bond donors (Lipinski definition) is 1. The van der Waals surface area contributed by atoms with Gasteiger partial charge < -0.3 is 19.5 Å². The Morgan fingerprint density at radius 2 is 2.27 bits per heavy atom. The van der Waals surface area contributed by atoms with Crippen molar-refractivity contribution in [2.24, 2.45) is 0 Å². The zero-order valence-electron chi connectivity index (χ0n) is 12.9. The Labute approximate surface area is 135 Å². The monoisotopic (exact) mass is 327 g/mol. The minimum atomic E-state index is -0.423. The van der Waals surface area contributed by atoms with Gasteiger partial charge in [0.2, 0.25) is 0 Å². The molecule has 1 aromatic heterocycles. The van der Waals surface area contributed by atoms with Crippen LogP contribution < -0.4 is 4.90 Å². The van der Waals surface area contributed by atoms with E-state index in [0.29, 0.717) is 19.8 Å². The second kappa shape index (κ2) is 8.21. The Morgan fingerprint density at radius 1 is 1.41 bits per heavy atom. The van der Waals surface area contributed by atoms with E-state index in [1.807, 2.05) is 11.6 Å². The third kappa shape index (κ3) is 4.63. The summed E-state index contributed by atoms with van der Waals surface area (Å²) in [6.45, 7) is 6.39. The molecular weight excluding hydrogens is 302 g/mol. The maximum atomic E-state index is 10.1. The molecule has 6 nitrogen and oxygen atoms in total. The van der Waals surface area contributed by atoms with Gasteiger partial charge in [0.05, 0.1) is 25.4 Å². The number of aliphatic hydroxyl groups excluding tert-OH is 1. The van der Waals surface area contributed by atoms with Crippen molar-refractivity contribution in [3.63, 3.8) is 0 Å². The fourth-order valence-corrected chi connectivity index (χ4v) is 3.65. The highest BCUT2D eigenvalue weighted by Crippen LogP contribution is 2.19. The second-order valence-electron chi connectivity index (χ2n) is 5.93. The zero-order valence-corrected chi connectivity index (χ0v) is 13.7. The Hall–Kier alpha value is -0.730. The first kappa shape index (κ1) is 16.1. The van der Waals surface area contributed by atoms with Gasteiger partial charge in [-0.15, -0.1) is 11.3 Å². The molecule has 0 unspecified atom stereocenters. The lowest BCUT2D eigenvalue weighted by atomic mass is 10.2. The summed E-state index contributed by atoms with van der Waals surface area (Å²) in [5.41, 5.74) is 0. The fraction of sp³-hybridized carbons (Fsp3) is 0.800. The van der Waals surface area contributed by atoms with E-state index in [0.717, 1.165) is 50.8 Å². The van der Waals surface area contributed by atoms with Crippen LogP contribution in [0.25, 0.3) is 0 Å². The van der Waals surface area contributed by atoms with E-state index in [4.69, 9.17) is 9.47 Å². The van der Waals surface area contributed by atoms with Crippen LogP contribution in [0.5, 0.6) is 0 Å². The summed E-state index contributed by atoms with van der Waals surface area (Å²) in [6.07, 6.45) is 3.86. The molecule has 0 spiro atoms. The molecule has 0 radical (unpaired) electrons. The first-order valence-corrected chi connectivity index (χ1v) is 8.93. The summed E-state index contributed by atoms with van der Waals surface area (Å²) in [5, 5.41) is 13.2. The molecule has 22 heavy (non-hydrogen) atoms. The number of anilines is 1. The van der Waals surface area contributed by atoms with Gasteiger partial charge in [0, 0.05) is 50.9 Å². The number of nitrogens with zero attached hydrogens (tertiary/aromatic N) is 3. The van der Waals surface area contributed by atoms with Crippen LogP contribution in [0.4, 0.5) is 5.13 Å². The lowest BCUT2D eigenvalue weighted by molar-refractivity contribution is -0.0254. The molecule has 2 saturated heterocycles. The van der Waals surface area contributed by atoms with Crippen LogP contribution in [0.3, 0.4) is 0 Å². The number of aromatic nitrogens is 1. The first-order valence-electron chi connectivity index (χ1n) is 8.05. The second-order valence-corrected chi connectivity index (χ2v) is 6.80. The third-order valence-electron chi connectivity index (χ3n) is 4.17. The van der Waals surface area contributed by atoms with Crippen molar-refractivity contribution < 1.29 is 14.6 Å². The van der Waals surface area contributed by atoms with E-state index >= 15 is 0 Å². The van der Waals surface area contributed by atoms with Crippen molar-refractivity contribution in [2.45, 2.75) is 25.0 Å². The van der Waals surface area contributed by atoms with Crippen LogP contribution in [0, 0.1) is 0 Å². The summed E-state index contributed by atoms with van der Waals surface area (Å²) in [4.78, 5) is 8.95. The van der Waals surface area contributed by atoms with E-state index in [-0.39, 0.29) is 6.10 Å². The third-order valence-corrected chi connectivity index (χ3v) is 5.00. The van der Waals surface area contributed by atoms with Gasteiger partial charge in [-0.25, -0.2) is 4.98 Å². The first-order chi connectivity index (χ1) is 10.8. The molecule has 124 valence electrons. The van der Waals surface area contributed by atoms with Crippen LogP contribution in [0.15, 0.2) is 11.6 Å². The summed E-state index contributed by atoms with van der Waals surface area (Å²) >= 11 is 1.68. The highest BCUT2D eigenvalue weighted by Gasteiger charge is 2.21. The van der Waals surface area contributed by atoms with Crippen molar-refractivity contribution in [1.29, 1.82) is 0 Å². The molecule has 3 heterocycles. The number of thiazole rings is 1. The lowest BCUT2D eigenvalue weighted by Gasteiger charge is -2.35. The van der Waals surface area contributed by atoms with Gasteiger partial charge in [0.25, 0.3) is 0 Å². The summed E-state index contributed by atoms with van der Waals surface area (Å²) in [6, 6.07) is 0. The molecule has 0 amide bonds. The number of rotatable bonds is 7. The molecule has 0 aromatic carbocycles. The minimum Gasteiger partial charge on any atom is -0.389 e. The van der Waals surface area contributed by atoms with Crippen molar-refractivity contribution in [3.05, 3.63) is 11.6 Å². The predicted octanol–water partition coefficient (Wildman–Crippen LogP) is 0.822. The van der Waals surface area contributed by atoms with Gasteiger partial charge >= 0.3 is 0 Å². The number of hydrogen-bond acceptors (Lipinski definition) is 7. The average molecular weight is 327 g/mol. The van der Waals surface area contributed by atoms with Crippen LogP contribution in [0.2, 0.25) is 0 Å². The molecule has 1 aromatic rings. The molecule has 2 atom stereocenters. The number of piperazine rings is 1. The van der Waals surface area contributed by atoms with Gasteiger partial charge in [-0.05, 0) is 12.8 Å². The predicted molar refractivity (Wildman–Crippen MR) is 86.6 cm³/mol. The van der Waals surface area contributed by atoms with Gasteiger partial charge in [0.1, 0.15) is 0 Å². The van der Waals surface area contributed by atoms with Crippen LogP contribution >= 0.6 is 11.3 Å². The maximum absolute atomic E-state index is 10.1. The van der Waals surface area contributed by atoms with E-state index in [1.54, 1.807) is 11.3 Å². The van der Waals surface area contributed by atoms with Crippen LogP contribution in [0.1, 0.15) is 12.8 Å². The SMILES string of the molecule is O[C@H](COC[C@H]1CCCO1)CN1CCN(c2nccs2)CC1. The molecule has 2 aliphatic heterocycles. The highest BCUT2D eigenvalue weighted by molar-refractivity contribution is 7.13. The van der Waals surface area contributed by atoms with E-state index < -0.39 is 6.10 Å². The topological polar surface area (TPSA) is 58.1 Å². The molecule has 3 rings (SSSR count). The van der Waals surface area contributed by atoms with Crippen molar-refractivity contribution in [3.8, 4) is 0 Å². The number of ether oxygens (including phenoxy) is 2. The highest BCUT2D eigenvalue weighted by atomic mass is 32.1. The van der Waals surface area contributed by atoms with E-state index in [2.05, 4.69) is 14.8 Å². The van der Waals surface area contributed by atoms with Gasteiger partial charge in [-0.2, -0.15) is 0 Å². The van der Waals surface area contributed by atoms with Gasteiger partial charge in [0.15, 0.2) is 5.13 Å². The Bertz CT molecular complexity index is 418. The van der Waals surface area contributed by atoms with Crippen molar-refractivity contribution >= 4 is 16.5 Å². The number of aliphatic hydroxyl groups is 1. The molecular formula is C15H25N3O3S. The van der Waals surface area contributed by atoms with Crippen LogP contribution in [-0.4, -0.2) is 79.7 Å². The molecule has 1 N–H and O–H groups in total. The molecule has 0 bridgehead atoms. The molecule has 2 fully saturated rings. The summed E-state index contributed by atoms with van der Waals surface area (Å²) < 4.78 is 11.1. The minimum absolute atomic E-state index is 0.231. The van der Waals surface area contributed by atoms with E-state index in [1.165, 1.54) is 0 Å². The molecule has 2 aliphatic rings. The van der Waals surface area contributed by atoms with Gasteiger partial charge in [-0.1, -0.05) is 0 Å². The largest absolute Gasteiger partial charge is 0.389 e. The van der Waals surface area contributed by atoms with Gasteiger partial charge in [-0.3, -0.25) is 4.90 Å². The summed E-state index contributed by atoms with van der Waals surface area (Å²) in [5.74, 6) is 0. The quantitative estimate of drug-likeness (QED) is 0.800. The lowest BCUT2D eigenvalue weighted by Crippen LogP contribution is -2.49. The summed E-state index contributed by atoms with van der Waals surface area (Å²) in [7, 11) is 0. The van der Waals surface area contributed by atoms with Crippen molar-refractivity contribution in [2.75, 3.05) is 57.4 Å². The molecule has 0 aliphatic carbocycles. The van der Waals surface area contributed by atoms with E-state index in [9.17, 15) is 5.11 Å². The number of β-amino-alcohol motifs (C(OH)–C–C–N with tert-alkyl or cyclic N) is 1. The molecule has 7 heteroatoms. The molecule has 0 saturated carbocycles. The average Bonchev–Trinajstić information content (AvgIpc) is 3.21. The Kier molecular flexibility index (Phi) is 6.03. The van der Waals surface area contributed by atoms with Crippen LogP contribution in [-0.2, 0) is 9.47 Å². The normalized spacial score (nSPS) is 24.8. The van der Waals surface area contributed by atoms with Crippen molar-refractivity contribution in [1.82, 2.24) is 9.88 Å². The zero-order chi connectivity index (χ0) is 15.2.